The molecule has 0 bridgehead atoms. The Kier molecular flexibility index (Phi) is 6.17. The van der Waals surface area contributed by atoms with E-state index >= 15 is 0 Å². The van der Waals surface area contributed by atoms with Gasteiger partial charge in [0.2, 0.25) is 0 Å². The number of benzene rings is 2. The lowest BCUT2D eigenvalue weighted by Crippen LogP contribution is -2.37. The van der Waals surface area contributed by atoms with Crippen molar-refractivity contribution < 1.29 is 14.3 Å². The van der Waals surface area contributed by atoms with Crippen molar-refractivity contribution in [3.05, 3.63) is 65.7 Å². The molecule has 2 aromatic rings. The summed E-state index contributed by atoms with van der Waals surface area (Å²) in [6, 6.07) is 16.8. The van der Waals surface area contributed by atoms with Gasteiger partial charge in [0.15, 0.2) is 6.10 Å². The van der Waals surface area contributed by atoms with Crippen LogP contribution in [0.5, 0.6) is 0 Å². The molecule has 0 spiro atoms. The summed E-state index contributed by atoms with van der Waals surface area (Å²) in [6.45, 7) is 2.06. The molecule has 0 heterocycles. The van der Waals surface area contributed by atoms with Crippen molar-refractivity contribution in [2.45, 2.75) is 19.6 Å². The Labute approximate surface area is 148 Å². The largest absolute Gasteiger partial charge is 0.449 e. The lowest BCUT2D eigenvalue weighted by Gasteiger charge is -2.21. The molecule has 0 fully saturated rings. The number of nitrogens with zero attached hydrogens (tertiary/aromatic N) is 2. The molecule has 0 unspecified atom stereocenters. The van der Waals surface area contributed by atoms with Gasteiger partial charge in [-0.05, 0) is 36.8 Å². The third-order valence-corrected chi connectivity index (χ3v) is 3.89. The minimum atomic E-state index is -0.838. The molecule has 1 amide bonds. The number of anilines is 1. The SMILES string of the molecule is C[C@@H](OC(=O)c1ccc(N(C)C)cc1)C(=O)N(C)Cc1ccccc1. The molecular formula is C20H24N2O3. The van der Waals surface area contributed by atoms with E-state index in [-0.39, 0.29) is 5.91 Å². The van der Waals surface area contributed by atoms with Crippen molar-refractivity contribution in [3.8, 4) is 0 Å². The summed E-state index contributed by atoms with van der Waals surface area (Å²) >= 11 is 0. The van der Waals surface area contributed by atoms with Gasteiger partial charge >= 0.3 is 5.97 Å². The van der Waals surface area contributed by atoms with E-state index in [0.717, 1.165) is 11.3 Å². The number of likely N-dealkylation sites (N-methyl/N-ethyl adjacent to an activating group) is 1. The summed E-state index contributed by atoms with van der Waals surface area (Å²) in [7, 11) is 5.55. The summed E-state index contributed by atoms with van der Waals surface area (Å²) in [5, 5.41) is 0. The minimum absolute atomic E-state index is 0.234. The molecule has 132 valence electrons. The van der Waals surface area contributed by atoms with E-state index in [1.165, 1.54) is 0 Å². The van der Waals surface area contributed by atoms with Crippen LogP contribution in [0, 0.1) is 0 Å². The van der Waals surface area contributed by atoms with Gasteiger partial charge in [-0.1, -0.05) is 30.3 Å². The maximum Gasteiger partial charge on any atom is 0.338 e. The van der Waals surface area contributed by atoms with Crippen LogP contribution in [0.1, 0.15) is 22.8 Å². The third-order valence-electron chi connectivity index (χ3n) is 3.89. The van der Waals surface area contributed by atoms with Crippen molar-refractivity contribution in [2.75, 3.05) is 26.0 Å². The monoisotopic (exact) mass is 340 g/mol. The number of carbonyl (C=O) groups is 2. The van der Waals surface area contributed by atoms with E-state index in [2.05, 4.69) is 0 Å². The second kappa shape index (κ2) is 8.33. The third kappa shape index (κ3) is 5.08. The smallest absolute Gasteiger partial charge is 0.338 e. The molecule has 1 atom stereocenters. The Morgan fingerprint density at radius 3 is 2.12 bits per heavy atom. The fourth-order valence-electron chi connectivity index (χ4n) is 2.42. The van der Waals surface area contributed by atoms with E-state index in [0.29, 0.717) is 12.1 Å². The van der Waals surface area contributed by atoms with Gasteiger partial charge in [-0.25, -0.2) is 4.79 Å². The number of esters is 1. The average molecular weight is 340 g/mol. The van der Waals surface area contributed by atoms with Gasteiger partial charge in [-0.15, -0.1) is 0 Å². The Hall–Kier alpha value is -2.82. The normalized spacial score (nSPS) is 11.5. The van der Waals surface area contributed by atoms with Gasteiger partial charge in [0, 0.05) is 33.4 Å². The maximum atomic E-state index is 12.4. The Morgan fingerprint density at radius 1 is 0.960 bits per heavy atom. The van der Waals surface area contributed by atoms with Gasteiger partial charge in [-0.3, -0.25) is 4.79 Å². The van der Waals surface area contributed by atoms with Crippen LogP contribution in [0.4, 0.5) is 5.69 Å². The Balaban J connectivity index is 1.94. The first-order valence-electron chi connectivity index (χ1n) is 8.15. The Bertz CT molecular complexity index is 711. The minimum Gasteiger partial charge on any atom is -0.449 e. The maximum absolute atomic E-state index is 12.4. The summed E-state index contributed by atoms with van der Waals surface area (Å²) in [5.41, 5.74) is 2.44. The summed E-state index contributed by atoms with van der Waals surface area (Å²) in [4.78, 5) is 28.1. The lowest BCUT2D eigenvalue weighted by atomic mass is 10.2. The zero-order valence-electron chi connectivity index (χ0n) is 15.1. The number of carbonyl (C=O) groups excluding carboxylic acids is 2. The van der Waals surface area contributed by atoms with Crippen molar-refractivity contribution in [1.29, 1.82) is 0 Å². The molecule has 0 saturated heterocycles. The zero-order chi connectivity index (χ0) is 18.4. The quantitative estimate of drug-likeness (QED) is 0.759. The zero-order valence-corrected chi connectivity index (χ0v) is 15.1. The predicted molar refractivity (Wildman–Crippen MR) is 98.6 cm³/mol. The van der Waals surface area contributed by atoms with Crippen LogP contribution >= 0.6 is 0 Å². The van der Waals surface area contributed by atoms with Crippen LogP contribution in [0.3, 0.4) is 0 Å². The van der Waals surface area contributed by atoms with Crippen molar-refractivity contribution in [1.82, 2.24) is 4.90 Å². The molecule has 5 nitrogen and oxygen atoms in total. The number of hydrogen-bond donors (Lipinski definition) is 0. The van der Waals surface area contributed by atoms with E-state index in [1.807, 2.05) is 61.5 Å². The second-order valence-corrected chi connectivity index (χ2v) is 6.17. The van der Waals surface area contributed by atoms with Crippen molar-refractivity contribution in [3.63, 3.8) is 0 Å². The van der Waals surface area contributed by atoms with Crippen LogP contribution < -0.4 is 4.90 Å². The molecule has 0 aliphatic rings. The molecule has 0 aliphatic heterocycles. The van der Waals surface area contributed by atoms with Crippen LogP contribution in [-0.2, 0) is 16.1 Å². The molecule has 0 aliphatic carbocycles. The van der Waals surface area contributed by atoms with Crippen LogP contribution in [0.25, 0.3) is 0 Å². The summed E-state index contributed by atoms with van der Waals surface area (Å²) in [6.07, 6.45) is -0.838. The molecule has 2 aromatic carbocycles. The first-order valence-corrected chi connectivity index (χ1v) is 8.15. The van der Waals surface area contributed by atoms with Crippen LogP contribution in [-0.4, -0.2) is 44.0 Å². The first-order chi connectivity index (χ1) is 11.9. The fraction of sp³-hybridized carbons (Fsp3) is 0.300. The summed E-state index contributed by atoms with van der Waals surface area (Å²) < 4.78 is 5.31. The first kappa shape index (κ1) is 18.5. The molecule has 0 N–H and O–H groups in total. The highest BCUT2D eigenvalue weighted by Crippen LogP contribution is 2.14. The number of hydrogen-bond acceptors (Lipinski definition) is 4. The van der Waals surface area contributed by atoms with Crippen LogP contribution in [0.15, 0.2) is 54.6 Å². The number of amides is 1. The van der Waals surface area contributed by atoms with Crippen molar-refractivity contribution >= 4 is 17.6 Å². The predicted octanol–water partition coefficient (Wildman–Crippen LogP) is 2.96. The van der Waals surface area contributed by atoms with E-state index in [1.54, 1.807) is 31.0 Å². The molecule has 0 saturated carbocycles. The van der Waals surface area contributed by atoms with Gasteiger partial charge in [-0.2, -0.15) is 0 Å². The number of ether oxygens (including phenoxy) is 1. The topological polar surface area (TPSA) is 49.9 Å². The summed E-state index contributed by atoms with van der Waals surface area (Å²) in [5.74, 6) is -0.735. The van der Waals surface area contributed by atoms with E-state index < -0.39 is 12.1 Å². The highest BCUT2D eigenvalue weighted by Gasteiger charge is 2.22. The second-order valence-electron chi connectivity index (χ2n) is 6.17. The molecule has 0 aromatic heterocycles. The highest BCUT2D eigenvalue weighted by molar-refractivity contribution is 5.92. The van der Waals surface area contributed by atoms with Gasteiger partial charge < -0.3 is 14.5 Å². The van der Waals surface area contributed by atoms with E-state index in [9.17, 15) is 9.59 Å². The van der Waals surface area contributed by atoms with Gasteiger partial charge in [0.05, 0.1) is 5.56 Å². The van der Waals surface area contributed by atoms with Gasteiger partial charge in [0.1, 0.15) is 0 Å². The highest BCUT2D eigenvalue weighted by atomic mass is 16.5. The molecule has 0 radical (unpaired) electrons. The van der Waals surface area contributed by atoms with Crippen LogP contribution in [0.2, 0.25) is 0 Å². The Morgan fingerprint density at radius 2 is 1.56 bits per heavy atom. The number of rotatable bonds is 6. The molecule has 2 rings (SSSR count). The van der Waals surface area contributed by atoms with E-state index in [4.69, 9.17) is 4.74 Å². The van der Waals surface area contributed by atoms with Crippen molar-refractivity contribution in [2.24, 2.45) is 0 Å². The molecule has 5 heteroatoms. The molecular weight excluding hydrogens is 316 g/mol. The standard InChI is InChI=1S/C20H24N2O3/c1-15(19(23)22(4)14-16-8-6-5-7-9-16)25-20(24)17-10-12-18(13-11-17)21(2)3/h5-13,15H,14H2,1-4H3/t15-/m1/s1. The fourth-order valence-corrected chi connectivity index (χ4v) is 2.42. The lowest BCUT2D eigenvalue weighted by molar-refractivity contribution is -0.139. The molecule has 25 heavy (non-hydrogen) atoms. The average Bonchev–Trinajstić information content (AvgIpc) is 2.61. The van der Waals surface area contributed by atoms with Gasteiger partial charge in [0.25, 0.3) is 5.91 Å².